The molecule has 15 nitrogen and oxygen atoms in total. The van der Waals surface area contributed by atoms with Crippen molar-refractivity contribution in [3.05, 3.63) is 35.0 Å². The summed E-state index contributed by atoms with van der Waals surface area (Å²) < 4.78 is 29.6. The molecule has 2 fully saturated rings. The number of ether oxygens (including phenoxy) is 5. The third-order valence-corrected chi connectivity index (χ3v) is 8.10. The zero-order valence-corrected chi connectivity index (χ0v) is 27.7. The van der Waals surface area contributed by atoms with Gasteiger partial charge in [-0.25, -0.2) is 4.79 Å². The molecule has 0 saturated carbocycles. The standard InChI is InChI=1S/C32H51N5O10/c1-19(2)26-23(30(36-35-26)47-31-29(41)28(40)27(39)25(18-38)46-31)16-20-6-7-22(17-24(20)45-21-8-14-43-15-9-21)44-13-5-10-33-32(42)34-11-12-37(3)4/h6-7,17,19,21,25,27-29,31,38-41H,5,8-16,18H2,1-4H3,(H,35,36)(H2,33,34,42)/t25-,27-,28+,29-,31+/m1/s1. The summed E-state index contributed by atoms with van der Waals surface area (Å²) in [7, 11) is 3.90. The molecule has 0 bridgehead atoms. The Morgan fingerprint density at radius 2 is 1.83 bits per heavy atom. The summed E-state index contributed by atoms with van der Waals surface area (Å²) in [4.78, 5) is 14.0. The summed E-state index contributed by atoms with van der Waals surface area (Å²) in [5, 5.41) is 53.6. The number of carbonyl (C=O) groups is 1. The molecule has 5 atom stereocenters. The van der Waals surface area contributed by atoms with Crippen LogP contribution in [0.2, 0.25) is 0 Å². The van der Waals surface area contributed by atoms with Crippen LogP contribution < -0.4 is 24.8 Å². The van der Waals surface area contributed by atoms with Gasteiger partial charge in [-0.3, -0.25) is 5.10 Å². The average molecular weight is 666 g/mol. The lowest BCUT2D eigenvalue weighted by Gasteiger charge is -2.39. The minimum absolute atomic E-state index is 0.0355. The van der Waals surface area contributed by atoms with Gasteiger partial charge in [0.15, 0.2) is 0 Å². The van der Waals surface area contributed by atoms with Gasteiger partial charge in [0.2, 0.25) is 12.2 Å². The third kappa shape index (κ3) is 10.4. The van der Waals surface area contributed by atoms with Crippen molar-refractivity contribution in [2.75, 3.05) is 60.2 Å². The minimum atomic E-state index is -1.58. The second-order valence-electron chi connectivity index (χ2n) is 12.5. The number of aromatic nitrogens is 2. The smallest absolute Gasteiger partial charge is 0.314 e. The second kappa shape index (κ2) is 17.8. The zero-order valence-electron chi connectivity index (χ0n) is 27.7. The van der Waals surface area contributed by atoms with Gasteiger partial charge < -0.3 is 59.6 Å². The average Bonchev–Trinajstić information content (AvgIpc) is 3.44. The van der Waals surface area contributed by atoms with E-state index in [1.54, 1.807) is 0 Å². The molecule has 1 aromatic heterocycles. The van der Waals surface area contributed by atoms with Crippen molar-refractivity contribution in [2.45, 2.75) is 82.3 Å². The highest BCUT2D eigenvalue weighted by Gasteiger charge is 2.45. The van der Waals surface area contributed by atoms with Crippen molar-refractivity contribution in [1.82, 2.24) is 25.7 Å². The lowest BCUT2D eigenvalue weighted by atomic mass is 9.98. The SMILES string of the molecule is CC(C)c1[nH]nc(O[C@@H]2O[C@H](CO)[C@@H](O)[C@H](O)[C@H]2O)c1Cc1ccc(OCCCNC(=O)NCCN(C)C)cc1OC1CCOCC1. The highest BCUT2D eigenvalue weighted by molar-refractivity contribution is 5.73. The predicted octanol–water partition coefficient (Wildman–Crippen LogP) is 0.490. The van der Waals surface area contributed by atoms with Crippen molar-refractivity contribution < 1.29 is 48.9 Å². The molecule has 7 N–H and O–H groups in total. The molecule has 264 valence electrons. The van der Waals surface area contributed by atoms with Gasteiger partial charge in [-0.15, -0.1) is 5.10 Å². The number of amides is 2. The number of rotatable bonds is 16. The van der Waals surface area contributed by atoms with Crippen molar-refractivity contribution in [3.63, 3.8) is 0 Å². The maximum atomic E-state index is 12.0. The molecule has 3 heterocycles. The van der Waals surface area contributed by atoms with E-state index in [1.807, 2.05) is 51.0 Å². The second-order valence-corrected chi connectivity index (χ2v) is 12.5. The first-order chi connectivity index (χ1) is 22.6. The summed E-state index contributed by atoms with van der Waals surface area (Å²) in [6, 6.07) is 5.44. The number of nitrogens with one attached hydrogen (secondary N) is 3. The Bertz CT molecular complexity index is 1250. The number of likely N-dealkylation sites (N-methyl/N-ethyl adjacent to an activating group) is 1. The number of aliphatic hydroxyl groups is 4. The van der Waals surface area contributed by atoms with E-state index in [0.29, 0.717) is 62.8 Å². The number of urea groups is 1. The van der Waals surface area contributed by atoms with E-state index >= 15 is 0 Å². The largest absolute Gasteiger partial charge is 0.493 e. The van der Waals surface area contributed by atoms with Crippen LogP contribution in [0.4, 0.5) is 4.79 Å². The van der Waals surface area contributed by atoms with Crippen molar-refractivity contribution in [3.8, 4) is 17.4 Å². The van der Waals surface area contributed by atoms with Crippen LogP contribution in [0, 0.1) is 0 Å². The van der Waals surface area contributed by atoms with Crippen molar-refractivity contribution in [1.29, 1.82) is 0 Å². The normalized spacial score (nSPS) is 23.6. The monoisotopic (exact) mass is 665 g/mol. The molecular formula is C32H51N5O10. The van der Waals surface area contributed by atoms with Crippen LogP contribution in [0.15, 0.2) is 18.2 Å². The molecule has 0 spiro atoms. The number of H-pyrrole nitrogens is 1. The number of hydrogen-bond acceptors (Lipinski definition) is 12. The van der Waals surface area contributed by atoms with Crippen LogP contribution >= 0.6 is 0 Å². The van der Waals surface area contributed by atoms with E-state index in [2.05, 4.69) is 20.8 Å². The Morgan fingerprint density at radius 3 is 2.53 bits per heavy atom. The molecule has 2 aromatic rings. The van der Waals surface area contributed by atoms with E-state index < -0.39 is 37.3 Å². The molecule has 2 saturated heterocycles. The molecule has 15 heteroatoms. The number of hydrogen-bond donors (Lipinski definition) is 7. The molecule has 0 aliphatic carbocycles. The quantitative estimate of drug-likeness (QED) is 0.123. The number of carbonyl (C=O) groups excluding carboxylic acids is 1. The van der Waals surface area contributed by atoms with E-state index in [1.165, 1.54) is 0 Å². The van der Waals surface area contributed by atoms with E-state index in [0.717, 1.165) is 30.6 Å². The summed E-state index contributed by atoms with van der Waals surface area (Å²) in [5.41, 5.74) is 2.36. The zero-order chi connectivity index (χ0) is 33.9. The fraction of sp³-hybridized carbons (Fsp3) is 0.688. The summed E-state index contributed by atoms with van der Waals surface area (Å²) >= 11 is 0. The maximum absolute atomic E-state index is 12.0. The summed E-state index contributed by atoms with van der Waals surface area (Å²) in [6.45, 7) is 6.86. The Kier molecular flexibility index (Phi) is 13.9. The number of aliphatic hydroxyl groups excluding tert-OH is 4. The minimum Gasteiger partial charge on any atom is -0.493 e. The molecule has 47 heavy (non-hydrogen) atoms. The van der Waals surface area contributed by atoms with Gasteiger partial charge in [-0.05, 0) is 38.1 Å². The predicted molar refractivity (Wildman–Crippen MR) is 171 cm³/mol. The molecule has 0 radical (unpaired) electrons. The summed E-state index contributed by atoms with van der Waals surface area (Å²) in [6.07, 6.45) is -4.71. The number of aromatic amines is 1. The first kappa shape index (κ1) is 36.7. The van der Waals surface area contributed by atoms with Crippen molar-refractivity contribution >= 4 is 6.03 Å². The highest BCUT2D eigenvalue weighted by Crippen LogP contribution is 2.35. The fourth-order valence-corrected chi connectivity index (χ4v) is 5.35. The van der Waals surface area contributed by atoms with E-state index in [4.69, 9.17) is 23.7 Å². The van der Waals surface area contributed by atoms with Gasteiger partial charge >= 0.3 is 6.03 Å². The van der Waals surface area contributed by atoms with Gasteiger partial charge in [-0.1, -0.05) is 19.9 Å². The van der Waals surface area contributed by atoms with Crippen molar-refractivity contribution in [2.24, 2.45) is 0 Å². The van der Waals surface area contributed by atoms with Crippen LogP contribution in [-0.2, 0) is 15.9 Å². The third-order valence-electron chi connectivity index (χ3n) is 8.10. The van der Waals surface area contributed by atoms with Gasteiger partial charge in [0.25, 0.3) is 0 Å². The first-order valence-corrected chi connectivity index (χ1v) is 16.3. The topological polar surface area (TPSA) is 200 Å². The molecular weight excluding hydrogens is 614 g/mol. The lowest BCUT2D eigenvalue weighted by Crippen LogP contribution is -2.60. The Labute approximate surface area is 275 Å². The van der Waals surface area contributed by atoms with Crippen LogP contribution in [0.3, 0.4) is 0 Å². The van der Waals surface area contributed by atoms with Gasteiger partial charge in [0.05, 0.1) is 26.4 Å². The Morgan fingerprint density at radius 1 is 1.09 bits per heavy atom. The first-order valence-electron chi connectivity index (χ1n) is 16.3. The lowest BCUT2D eigenvalue weighted by molar-refractivity contribution is -0.278. The molecule has 2 aliphatic rings. The molecule has 2 amide bonds. The number of benzene rings is 1. The fourth-order valence-electron chi connectivity index (χ4n) is 5.35. The van der Waals surface area contributed by atoms with Gasteiger partial charge in [0.1, 0.15) is 42.0 Å². The molecule has 0 unspecified atom stereocenters. The van der Waals surface area contributed by atoms with Gasteiger partial charge in [-0.2, -0.15) is 0 Å². The van der Waals surface area contributed by atoms with Crippen LogP contribution in [0.25, 0.3) is 0 Å². The number of nitrogens with zero attached hydrogens (tertiary/aromatic N) is 2. The van der Waals surface area contributed by atoms with Crippen LogP contribution in [0.5, 0.6) is 17.4 Å². The van der Waals surface area contributed by atoms with Crippen LogP contribution in [0.1, 0.15) is 55.8 Å². The van der Waals surface area contributed by atoms with Crippen LogP contribution in [-0.4, -0.2) is 139 Å². The van der Waals surface area contributed by atoms with E-state index in [9.17, 15) is 25.2 Å². The van der Waals surface area contributed by atoms with E-state index in [-0.39, 0.29) is 23.9 Å². The highest BCUT2D eigenvalue weighted by atomic mass is 16.7. The summed E-state index contributed by atoms with van der Waals surface area (Å²) in [5.74, 6) is 1.47. The maximum Gasteiger partial charge on any atom is 0.314 e. The Hall–Kier alpha value is -3.18. The Balaban J connectivity index is 1.47. The molecule has 1 aromatic carbocycles. The molecule has 4 rings (SSSR count). The van der Waals surface area contributed by atoms with Gasteiger partial charge in [0, 0.05) is 56.2 Å². The molecule has 2 aliphatic heterocycles.